The number of nitrogens with zero attached hydrogens (tertiary/aromatic N) is 4. The summed E-state index contributed by atoms with van der Waals surface area (Å²) >= 11 is 11.9. The van der Waals surface area contributed by atoms with Crippen molar-refractivity contribution < 1.29 is 18.0 Å². The van der Waals surface area contributed by atoms with E-state index in [1.165, 1.54) is 6.07 Å². The lowest BCUT2D eigenvalue weighted by atomic mass is 10.2. The van der Waals surface area contributed by atoms with Crippen molar-refractivity contribution >= 4 is 40.3 Å². The van der Waals surface area contributed by atoms with Gasteiger partial charge in [0.2, 0.25) is 0 Å². The second kappa shape index (κ2) is 6.71. The van der Waals surface area contributed by atoms with Gasteiger partial charge in [-0.2, -0.15) is 18.3 Å². The topological polar surface area (TPSA) is 98.7 Å². The summed E-state index contributed by atoms with van der Waals surface area (Å²) in [4.78, 5) is 19.1. The van der Waals surface area contributed by atoms with Crippen LogP contribution in [0.2, 0.25) is 10.0 Å². The van der Waals surface area contributed by atoms with Gasteiger partial charge in [-0.15, -0.1) is 0 Å². The van der Waals surface area contributed by atoms with E-state index < -0.39 is 17.8 Å². The fourth-order valence-corrected chi connectivity index (χ4v) is 2.69. The Labute approximate surface area is 153 Å². The van der Waals surface area contributed by atoms with Crippen LogP contribution in [0.15, 0.2) is 24.4 Å². The molecule has 0 aliphatic carbocycles. The van der Waals surface area contributed by atoms with Gasteiger partial charge in [0.25, 0.3) is 5.91 Å². The molecular formula is C14H9Cl2F3N6O. The van der Waals surface area contributed by atoms with Crippen LogP contribution in [0.25, 0.3) is 11.2 Å². The van der Waals surface area contributed by atoms with Crippen LogP contribution in [-0.2, 0) is 12.7 Å². The number of rotatable bonds is 3. The van der Waals surface area contributed by atoms with Crippen LogP contribution in [-0.4, -0.2) is 25.7 Å². The maximum absolute atomic E-state index is 12.9. The van der Waals surface area contributed by atoms with E-state index in [1.807, 2.05) is 5.43 Å². The summed E-state index contributed by atoms with van der Waals surface area (Å²) in [5.41, 5.74) is 0.557. The third-order valence-electron chi connectivity index (χ3n) is 3.42. The van der Waals surface area contributed by atoms with Crippen LogP contribution in [0.4, 0.5) is 13.2 Å². The highest BCUT2D eigenvalue weighted by Gasteiger charge is 2.34. The van der Waals surface area contributed by atoms with Crippen LogP contribution in [0, 0.1) is 0 Å². The number of hydrogen-bond donors (Lipinski definition) is 2. The molecule has 3 aromatic rings. The number of amides is 1. The molecule has 136 valence electrons. The largest absolute Gasteiger partial charge is 0.434 e. The fraction of sp³-hybridized carbons (Fsp3) is 0.143. The number of nitrogen functional groups attached to an aromatic ring is 1. The van der Waals surface area contributed by atoms with E-state index in [0.717, 1.165) is 4.68 Å². The average molecular weight is 405 g/mol. The first kappa shape index (κ1) is 18.4. The van der Waals surface area contributed by atoms with Crippen LogP contribution in [0.3, 0.4) is 0 Å². The monoisotopic (exact) mass is 404 g/mol. The minimum Gasteiger partial charge on any atom is -0.289 e. The number of alkyl halides is 3. The van der Waals surface area contributed by atoms with Gasteiger partial charge in [-0.1, -0.05) is 29.3 Å². The molecule has 0 radical (unpaired) electrons. The first-order chi connectivity index (χ1) is 12.2. The third-order valence-corrected chi connectivity index (χ3v) is 4.00. The minimum absolute atomic E-state index is 0.0552. The second-order valence-electron chi connectivity index (χ2n) is 5.14. The summed E-state index contributed by atoms with van der Waals surface area (Å²) in [6, 6.07) is 4.63. The number of benzene rings is 1. The number of halogens is 5. The number of nitrogens with one attached hydrogen (secondary N) is 1. The molecule has 26 heavy (non-hydrogen) atoms. The Morgan fingerprint density at radius 3 is 2.65 bits per heavy atom. The molecule has 0 unspecified atom stereocenters. The quantitative estimate of drug-likeness (QED) is 0.397. The summed E-state index contributed by atoms with van der Waals surface area (Å²) in [5.74, 6) is 4.27. The molecule has 0 fully saturated rings. The Kier molecular flexibility index (Phi) is 4.74. The lowest BCUT2D eigenvalue weighted by Gasteiger charge is -2.08. The fourth-order valence-electron chi connectivity index (χ4n) is 2.22. The summed E-state index contributed by atoms with van der Waals surface area (Å²) in [6.07, 6.45) is -4.18. The van der Waals surface area contributed by atoms with Gasteiger partial charge in [0.1, 0.15) is 5.52 Å². The van der Waals surface area contributed by atoms with Crippen molar-refractivity contribution in [2.24, 2.45) is 5.84 Å². The van der Waals surface area contributed by atoms with E-state index in [-0.39, 0.29) is 28.4 Å². The molecule has 0 saturated carbocycles. The Morgan fingerprint density at radius 2 is 2.04 bits per heavy atom. The summed E-state index contributed by atoms with van der Waals surface area (Å²) in [7, 11) is 0. The molecule has 12 heteroatoms. The van der Waals surface area contributed by atoms with E-state index in [9.17, 15) is 18.0 Å². The Bertz CT molecular complexity index is 1000. The van der Waals surface area contributed by atoms with Gasteiger partial charge in [-0.05, 0) is 17.7 Å². The van der Waals surface area contributed by atoms with Crippen molar-refractivity contribution in [3.05, 3.63) is 51.4 Å². The Balaban J connectivity index is 2.17. The van der Waals surface area contributed by atoms with Crippen LogP contribution in [0.1, 0.15) is 21.7 Å². The maximum Gasteiger partial charge on any atom is 0.434 e. The van der Waals surface area contributed by atoms with E-state index in [1.54, 1.807) is 12.1 Å². The molecule has 0 aliphatic heterocycles. The Hall–Kier alpha value is -2.43. The third kappa shape index (κ3) is 3.43. The zero-order chi connectivity index (χ0) is 19.1. The van der Waals surface area contributed by atoms with Gasteiger partial charge in [-0.25, -0.2) is 20.5 Å². The van der Waals surface area contributed by atoms with E-state index in [0.29, 0.717) is 16.8 Å². The predicted molar refractivity (Wildman–Crippen MR) is 87.5 cm³/mol. The smallest absolute Gasteiger partial charge is 0.289 e. The number of aromatic nitrogens is 4. The lowest BCUT2D eigenvalue weighted by Crippen LogP contribution is -2.30. The molecule has 1 amide bonds. The second-order valence-corrected chi connectivity index (χ2v) is 5.98. The number of hydrogen-bond acceptors (Lipinski definition) is 5. The molecule has 7 nitrogen and oxygen atoms in total. The maximum atomic E-state index is 12.9. The summed E-state index contributed by atoms with van der Waals surface area (Å²) in [5, 5.41) is 4.66. The molecule has 0 saturated heterocycles. The van der Waals surface area contributed by atoms with Gasteiger partial charge in [0.05, 0.1) is 12.7 Å². The molecule has 1 aromatic carbocycles. The highest BCUT2D eigenvalue weighted by atomic mass is 35.5. The number of fused-ring (bicyclic) bond motifs is 1. The van der Waals surface area contributed by atoms with E-state index in [4.69, 9.17) is 29.0 Å². The van der Waals surface area contributed by atoms with Crippen LogP contribution >= 0.6 is 23.2 Å². The van der Waals surface area contributed by atoms with Crippen molar-refractivity contribution in [2.45, 2.75) is 12.7 Å². The zero-order valence-electron chi connectivity index (χ0n) is 12.7. The molecule has 0 bridgehead atoms. The van der Waals surface area contributed by atoms with Crippen molar-refractivity contribution in [2.75, 3.05) is 0 Å². The van der Waals surface area contributed by atoms with Gasteiger partial charge in [-0.3, -0.25) is 10.2 Å². The standard InChI is InChI=1S/C14H9Cl2F3N6O/c15-7-2-1-6(8(16)3-7)5-25-12-10(11(24-25)13(26)23-20)21-4-9(22-12)14(17,18)19/h1-4H,5,20H2,(H,23,26). The highest BCUT2D eigenvalue weighted by molar-refractivity contribution is 6.35. The average Bonchev–Trinajstić information content (AvgIpc) is 2.94. The Morgan fingerprint density at radius 1 is 1.31 bits per heavy atom. The number of hydrazine groups is 1. The van der Waals surface area contributed by atoms with Gasteiger partial charge < -0.3 is 0 Å². The summed E-state index contributed by atoms with van der Waals surface area (Å²) < 4.78 is 39.9. The lowest BCUT2D eigenvalue weighted by molar-refractivity contribution is -0.141. The minimum atomic E-state index is -4.70. The van der Waals surface area contributed by atoms with Crippen molar-refractivity contribution in [3.63, 3.8) is 0 Å². The molecule has 3 N–H and O–H groups in total. The molecule has 0 spiro atoms. The van der Waals surface area contributed by atoms with Gasteiger partial charge >= 0.3 is 6.18 Å². The van der Waals surface area contributed by atoms with E-state index >= 15 is 0 Å². The molecular weight excluding hydrogens is 396 g/mol. The van der Waals surface area contributed by atoms with Crippen molar-refractivity contribution in [1.82, 2.24) is 25.2 Å². The van der Waals surface area contributed by atoms with Crippen LogP contribution in [0.5, 0.6) is 0 Å². The van der Waals surface area contributed by atoms with Gasteiger partial charge in [0.15, 0.2) is 17.0 Å². The van der Waals surface area contributed by atoms with E-state index in [2.05, 4.69) is 15.1 Å². The SMILES string of the molecule is NNC(=O)c1nn(Cc2ccc(Cl)cc2Cl)c2nc(C(F)(F)F)cnc12. The molecule has 3 rings (SSSR count). The zero-order valence-corrected chi connectivity index (χ0v) is 14.2. The van der Waals surface area contributed by atoms with Crippen molar-refractivity contribution in [1.29, 1.82) is 0 Å². The first-order valence-corrected chi connectivity index (χ1v) is 7.72. The molecule has 2 heterocycles. The van der Waals surface area contributed by atoms with Crippen molar-refractivity contribution in [3.8, 4) is 0 Å². The molecule has 0 atom stereocenters. The van der Waals surface area contributed by atoms with Gasteiger partial charge in [0, 0.05) is 10.0 Å². The highest BCUT2D eigenvalue weighted by Crippen LogP contribution is 2.29. The number of carbonyl (C=O) groups excluding carboxylic acids is 1. The molecule has 2 aromatic heterocycles. The first-order valence-electron chi connectivity index (χ1n) is 6.96. The number of nitrogens with two attached hydrogens (primary N) is 1. The normalized spacial score (nSPS) is 11.8. The summed E-state index contributed by atoms with van der Waals surface area (Å²) in [6.45, 7) is -0.0552. The molecule has 0 aliphatic rings. The predicted octanol–water partition coefficient (Wildman–Crippen LogP) is 2.80. The van der Waals surface area contributed by atoms with Crippen LogP contribution < -0.4 is 11.3 Å². The number of carbonyl (C=O) groups is 1.